The first-order valence-corrected chi connectivity index (χ1v) is 9.74. The molecule has 6 nitrogen and oxygen atoms in total. The Kier molecular flexibility index (Phi) is 8.25. The van der Waals surface area contributed by atoms with Crippen LogP contribution in [-0.4, -0.2) is 50.6 Å². The first kappa shape index (κ1) is 24.1. The lowest BCUT2D eigenvalue weighted by Crippen LogP contribution is -2.52. The van der Waals surface area contributed by atoms with E-state index in [4.69, 9.17) is 14.2 Å². The molecule has 0 bridgehead atoms. The van der Waals surface area contributed by atoms with Crippen molar-refractivity contribution in [3.8, 4) is 0 Å². The first-order chi connectivity index (χ1) is 14.1. The topological polar surface area (TPSA) is 71.1 Å². The van der Waals surface area contributed by atoms with Crippen molar-refractivity contribution >= 4 is 11.9 Å². The van der Waals surface area contributed by atoms with E-state index in [1.54, 1.807) is 0 Å². The van der Waals surface area contributed by atoms with Crippen molar-refractivity contribution in [1.82, 2.24) is 0 Å². The van der Waals surface area contributed by atoms with Crippen molar-refractivity contribution in [2.45, 2.75) is 69.1 Å². The summed E-state index contributed by atoms with van der Waals surface area (Å²) in [5, 5.41) is 0. The van der Waals surface area contributed by atoms with E-state index >= 15 is 0 Å². The van der Waals surface area contributed by atoms with Crippen LogP contribution in [0.15, 0.2) is 30.3 Å². The Labute approximate surface area is 173 Å². The van der Waals surface area contributed by atoms with Gasteiger partial charge < -0.3 is 18.9 Å². The van der Waals surface area contributed by atoms with Gasteiger partial charge >= 0.3 is 18.1 Å². The molecule has 1 unspecified atom stereocenters. The fraction of sp³-hybridized carbons (Fsp3) is 0.619. The second-order valence-electron chi connectivity index (χ2n) is 7.28. The number of benzene rings is 1. The second-order valence-corrected chi connectivity index (χ2v) is 7.28. The van der Waals surface area contributed by atoms with Crippen LogP contribution in [0.3, 0.4) is 0 Å². The number of halogens is 3. The Bertz CT molecular complexity index is 708. The van der Waals surface area contributed by atoms with Gasteiger partial charge in [0.2, 0.25) is 0 Å². The molecule has 0 saturated carbocycles. The smallest absolute Gasteiger partial charge is 0.432 e. The third-order valence-electron chi connectivity index (χ3n) is 5.20. The maximum atomic E-state index is 14.0. The quantitative estimate of drug-likeness (QED) is 0.551. The SMILES string of the molecule is COC(=O)C[C@H](CCC1CC[C@@H](C)O1)OC(=O)[C@@](OC)(c1ccccc1)C(F)(F)F. The van der Waals surface area contributed by atoms with Crippen molar-refractivity contribution in [3.05, 3.63) is 35.9 Å². The van der Waals surface area contributed by atoms with Crippen LogP contribution in [0, 0.1) is 0 Å². The van der Waals surface area contributed by atoms with Gasteiger partial charge in [0.25, 0.3) is 5.60 Å². The van der Waals surface area contributed by atoms with Gasteiger partial charge in [0.05, 0.1) is 25.7 Å². The summed E-state index contributed by atoms with van der Waals surface area (Å²) >= 11 is 0. The van der Waals surface area contributed by atoms with E-state index in [0.29, 0.717) is 6.42 Å². The van der Waals surface area contributed by atoms with Crippen LogP contribution in [0.1, 0.15) is 44.6 Å². The van der Waals surface area contributed by atoms with E-state index in [1.807, 2.05) is 6.92 Å². The molecule has 30 heavy (non-hydrogen) atoms. The minimum absolute atomic E-state index is 0.0947. The second kappa shape index (κ2) is 10.3. The molecule has 4 atom stereocenters. The highest BCUT2D eigenvalue weighted by molar-refractivity contribution is 5.83. The molecular weight excluding hydrogens is 405 g/mol. The molecule has 2 rings (SSSR count). The molecule has 0 aliphatic carbocycles. The molecule has 0 N–H and O–H groups in total. The van der Waals surface area contributed by atoms with Gasteiger partial charge in [-0.1, -0.05) is 30.3 Å². The summed E-state index contributed by atoms with van der Waals surface area (Å²) in [7, 11) is 1.95. The average molecular weight is 432 g/mol. The summed E-state index contributed by atoms with van der Waals surface area (Å²) in [5.74, 6) is -2.32. The Morgan fingerprint density at radius 1 is 1.17 bits per heavy atom. The summed E-state index contributed by atoms with van der Waals surface area (Å²) in [6.45, 7) is 1.93. The minimum Gasteiger partial charge on any atom is -0.469 e. The van der Waals surface area contributed by atoms with Crippen LogP contribution in [0.5, 0.6) is 0 Å². The fourth-order valence-electron chi connectivity index (χ4n) is 3.56. The largest absolute Gasteiger partial charge is 0.469 e. The highest BCUT2D eigenvalue weighted by atomic mass is 19.4. The molecular formula is C21H27F3O6. The summed E-state index contributed by atoms with van der Waals surface area (Å²) < 4.78 is 62.3. The molecule has 0 amide bonds. The van der Waals surface area contributed by atoms with Gasteiger partial charge in [-0.25, -0.2) is 4.79 Å². The molecule has 9 heteroatoms. The average Bonchev–Trinajstić information content (AvgIpc) is 3.12. The number of esters is 2. The van der Waals surface area contributed by atoms with Crippen molar-refractivity contribution in [2.24, 2.45) is 0 Å². The molecule has 1 saturated heterocycles. The van der Waals surface area contributed by atoms with Crippen LogP contribution in [-0.2, 0) is 34.1 Å². The number of hydrogen-bond acceptors (Lipinski definition) is 6. The van der Waals surface area contributed by atoms with Crippen LogP contribution in [0.4, 0.5) is 13.2 Å². The maximum absolute atomic E-state index is 14.0. The van der Waals surface area contributed by atoms with Crippen LogP contribution < -0.4 is 0 Å². The summed E-state index contributed by atoms with van der Waals surface area (Å²) in [5.41, 5.74) is -3.71. The number of alkyl halides is 3. The van der Waals surface area contributed by atoms with Crippen LogP contribution >= 0.6 is 0 Å². The van der Waals surface area contributed by atoms with E-state index in [-0.39, 0.29) is 25.0 Å². The number of ether oxygens (including phenoxy) is 4. The lowest BCUT2D eigenvalue weighted by molar-refractivity contribution is -0.278. The molecule has 0 radical (unpaired) electrons. The van der Waals surface area contributed by atoms with Gasteiger partial charge in [0.1, 0.15) is 6.10 Å². The third kappa shape index (κ3) is 5.51. The summed E-state index contributed by atoms with van der Waals surface area (Å²) in [6, 6.07) is 6.54. The predicted molar refractivity (Wildman–Crippen MR) is 101 cm³/mol. The first-order valence-electron chi connectivity index (χ1n) is 9.74. The Hall–Kier alpha value is -2.13. The van der Waals surface area contributed by atoms with Crippen molar-refractivity contribution < 1.29 is 41.7 Å². The lowest BCUT2D eigenvalue weighted by atomic mass is 9.92. The summed E-state index contributed by atoms with van der Waals surface area (Å²) in [4.78, 5) is 24.6. The van der Waals surface area contributed by atoms with Crippen LogP contribution in [0.2, 0.25) is 0 Å². The normalized spacial score (nSPS) is 22.2. The maximum Gasteiger partial charge on any atom is 0.432 e. The highest BCUT2D eigenvalue weighted by Crippen LogP contribution is 2.43. The number of methoxy groups -OCH3 is 2. The van der Waals surface area contributed by atoms with Gasteiger partial charge in [0, 0.05) is 12.7 Å². The molecule has 1 aliphatic rings. The molecule has 1 aromatic carbocycles. The number of rotatable bonds is 9. The molecule has 1 aliphatic heterocycles. The van der Waals surface area contributed by atoms with Gasteiger partial charge in [-0.2, -0.15) is 13.2 Å². The highest BCUT2D eigenvalue weighted by Gasteiger charge is 2.64. The van der Waals surface area contributed by atoms with Gasteiger partial charge in [-0.15, -0.1) is 0 Å². The van der Waals surface area contributed by atoms with E-state index in [0.717, 1.165) is 39.2 Å². The third-order valence-corrected chi connectivity index (χ3v) is 5.20. The fourth-order valence-corrected chi connectivity index (χ4v) is 3.56. The van der Waals surface area contributed by atoms with Crippen molar-refractivity contribution in [3.63, 3.8) is 0 Å². The monoisotopic (exact) mass is 432 g/mol. The zero-order chi connectivity index (χ0) is 22.4. The van der Waals surface area contributed by atoms with E-state index in [2.05, 4.69) is 4.74 Å². The Morgan fingerprint density at radius 3 is 2.33 bits per heavy atom. The van der Waals surface area contributed by atoms with Crippen molar-refractivity contribution in [2.75, 3.05) is 14.2 Å². The van der Waals surface area contributed by atoms with Crippen LogP contribution in [0.25, 0.3) is 0 Å². The van der Waals surface area contributed by atoms with E-state index < -0.39 is 35.4 Å². The molecule has 0 spiro atoms. The van der Waals surface area contributed by atoms with E-state index in [1.165, 1.54) is 18.2 Å². The lowest BCUT2D eigenvalue weighted by Gasteiger charge is -2.33. The predicted octanol–water partition coefficient (Wildman–Crippen LogP) is 3.91. The molecule has 0 aromatic heterocycles. The number of carbonyl (C=O) groups is 2. The number of hydrogen-bond donors (Lipinski definition) is 0. The van der Waals surface area contributed by atoms with E-state index in [9.17, 15) is 22.8 Å². The molecule has 1 aromatic rings. The zero-order valence-electron chi connectivity index (χ0n) is 17.2. The molecule has 1 fully saturated rings. The minimum atomic E-state index is -5.08. The Balaban J connectivity index is 2.23. The Morgan fingerprint density at radius 2 is 1.83 bits per heavy atom. The summed E-state index contributed by atoms with van der Waals surface area (Å²) in [6.07, 6.45) is -4.28. The zero-order valence-corrected chi connectivity index (χ0v) is 17.2. The number of carbonyl (C=O) groups excluding carboxylic acids is 2. The van der Waals surface area contributed by atoms with Crippen molar-refractivity contribution in [1.29, 1.82) is 0 Å². The standard InChI is InChI=1S/C21H27F3O6/c1-14-9-10-16(29-14)11-12-17(13-18(25)27-2)30-19(26)20(28-3,21(22,23)24)15-7-5-4-6-8-15/h4-8,14,16-17H,9-13H2,1-3H3/t14-,16?,17+,20+/m1/s1. The van der Waals surface area contributed by atoms with Gasteiger partial charge in [-0.3, -0.25) is 4.79 Å². The van der Waals surface area contributed by atoms with Gasteiger partial charge in [-0.05, 0) is 32.6 Å². The molecule has 1 heterocycles. The molecule has 168 valence electrons. The van der Waals surface area contributed by atoms with Gasteiger partial charge in [0.15, 0.2) is 0 Å².